The third-order valence-electron chi connectivity index (χ3n) is 4.29. The lowest BCUT2D eigenvalue weighted by molar-refractivity contribution is -0.0340. The van der Waals surface area contributed by atoms with Crippen molar-refractivity contribution in [2.24, 2.45) is 0 Å². The van der Waals surface area contributed by atoms with Crippen LogP contribution >= 0.6 is 0 Å². The van der Waals surface area contributed by atoms with E-state index in [2.05, 4.69) is 12.2 Å². The van der Waals surface area contributed by atoms with Crippen molar-refractivity contribution in [3.8, 4) is 0 Å². The molecular formula is C12H27NO3Si. The molecule has 0 aromatic carbocycles. The summed E-state index contributed by atoms with van der Waals surface area (Å²) in [6.07, 6.45) is 4.41. The molecule has 0 amide bonds. The van der Waals surface area contributed by atoms with Crippen molar-refractivity contribution in [1.29, 1.82) is 0 Å². The summed E-state index contributed by atoms with van der Waals surface area (Å²) in [6.45, 7) is 2.18. The van der Waals surface area contributed by atoms with Crippen LogP contribution in [0, 0.1) is 0 Å². The molecule has 1 aliphatic heterocycles. The van der Waals surface area contributed by atoms with E-state index < -0.39 is 8.56 Å². The van der Waals surface area contributed by atoms with Gasteiger partial charge in [0.2, 0.25) is 0 Å². The summed E-state index contributed by atoms with van der Waals surface area (Å²) in [5.41, 5.74) is 0. The molecule has 0 aromatic rings. The average Bonchev–Trinajstić information content (AvgIpc) is 2.40. The fourth-order valence-corrected chi connectivity index (χ4v) is 7.54. The molecule has 2 unspecified atom stereocenters. The molecule has 1 heterocycles. The Morgan fingerprint density at radius 2 is 1.88 bits per heavy atom. The minimum Gasteiger partial charge on any atom is -0.396 e. The number of hydrogen-bond acceptors (Lipinski definition) is 4. The van der Waals surface area contributed by atoms with Crippen LogP contribution in [0.4, 0.5) is 0 Å². The lowest BCUT2D eigenvalue weighted by atomic mass is 10.0. The topological polar surface area (TPSA) is 39.7 Å². The van der Waals surface area contributed by atoms with Gasteiger partial charge in [0.1, 0.15) is 5.22 Å². The average molecular weight is 261 g/mol. The van der Waals surface area contributed by atoms with Crippen molar-refractivity contribution in [3.63, 3.8) is 0 Å². The van der Waals surface area contributed by atoms with Crippen LogP contribution in [0.1, 0.15) is 32.6 Å². The van der Waals surface area contributed by atoms with Crippen LogP contribution in [-0.2, 0) is 13.6 Å². The van der Waals surface area contributed by atoms with E-state index in [1.54, 1.807) is 21.3 Å². The Balaban J connectivity index is 3.14. The van der Waals surface area contributed by atoms with E-state index in [0.29, 0.717) is 6.04 Å². The van der Waals surface area contributed by atoms with Crippen molar-refractivity contribution in [1.82, 2.24) is 5.32 Å². The molecule has 0 aliphatic carbocycles. The van der Waals surface area contributed by atoms with Gasteiger partial charge in [-0.1, -0.05) is 19.8 Å². The molecule has 1 N–H and O–H groups in total. The molecule has 0 spiro atoms. The Morgan fingerprint density at radius 3 is 2.29 bits per heavy atom. The maximum absolute atomic E-state index is 5.97. The Morgan fingerprint density at radius 1 is 1.24 bits per heavy atom. The zero-order valence-corrected chi connectivity index (χ0v) is 12.8. The Hall–Kier alpha value is 0.0569. The SMILES string of the molecule is CCC(NC)C1(OC)CCCC[Si]1(OC)OC. The predicted octanol–water partition coefficient (Wildman–Crippen LogP) is 1.83. The van der Waals surface area contributed by atoms with Crippen molar-refractivity contribution in [2.75, 3.05) is 28.4 Å². The lowest BCUT2D eigenvalue weighted by Crippen LogP contribution is -2.72. The monoisotopic (exact) mass is 261 g/mol. The summed E-state index contributed by atoms with van der Waals surface area (Å²) < 4.78 is 17.7. The summed E-state index contributed by atoms with van der Waals surface area (Å²) >= 11 is 0. The highest BCUT2D eigenvalue weighted by atomic mass is 28.4. The zero-order chi connectivity index (χ0) is 12.9. The second kappa shape index (κ2) is 6.29. The minimum absolute atomic E-state index is 0.266. The van der Waals surface area contributed by atoms with Crippen LogP contribution in [0.5, 0.6) is 0 Å². The summed E-state index contributed by atoms with van der Waals surface area (Å²) in [5.74, 6) is 0. The molecule has 5 heteroatoms. The smallest absolute Gasteiger partial charge is 0.372 e. The molecule has 2 atom stereocenters. The quantitative estimate of drug-likeness (QED) is 0.741. The molecular weight excluding hydrogens is 234 g/mol. The van der Waals surface area contributed by atoms with E-state index in [1.165, 1.54) is 12.8 Å². The van der Waals surface area contributed by atoms with Gasteiger partial charge >= 0.3 is 8.56 Å². The van der Waals surface area contributed by atoms with Crippen LogP contribution in [0.25, 0.3) is 0 Å². The van der Waals surface area contributed by atoms with Crippen LogP contribution < -0.4 is 5.32 Å². The molecule has 1 saturated heterocycles. The third-order valence-corrected chi connectivity index (χ3v) is 8.71. The normalized spacial score (nSPS) is 30.2. The van der Waals surface area contributed by atoms with E-state index in [0.717, 1.165) is 18.9 Å². The van der Waals surface area contributed by atoms with Gasteiger partial charge in [0, 0.05) is 27.4 Å². The molecule has 0 saturated carbocycles. The molecule has 1 rings (SSSR count). The van der Waals surface area contributed by atoms with Gasteiger partial charge in [0.15, 0.2) is 0 Å². The molecule has 0 bridgehead atoms. The second-order valence-corrected chi connectivity index (χ2v) is 8.38. The minimum atomic E-state index is -2.30. The van der Waals surface area contributed by atoms with Crippen molar-refractivity contribution >= 4 is 8.56 Å². The highest BCUT2D eigenvalue weighted by molar-refractivity contribution is 6.71. The number of rotatable bonds is 6. The van der Waals surface area contributed by atoms with Crippen molar-refractivity contribution < 1.29 is 13.6 Å². The van der Waals surface area contributed by atoms with Crippen molar-refractivity contribution in [3.05, 3.63) is 0 Å². The molecule has 1 fully saturated rings. The first-order valence-corrected chi connectivity index (χ1v) is 8.51. The van der Waals surface area contributed by atoms with E-state index >= 15 is 0 Å². The fourth-order valence-electron chi connectivity index (χ4n) is 3.39. The number of ether oxygens (including phenoxy) is 1. The second-order valence-electron chi connectivity index (χ2n) is 4.71. The first-order valence-electron chi connectivity index (χ1n) is 6.49. The van der Waals surface area contributed by atoms with Gasteiger partial charge in [0.25, 0.3) is 0 Å². The molecule has 4 nitrogen and oxygen atoms in total. The Labute approximate surface area is 106 Å². The zero-order valence-electron chi connectivity index (χ0n) is 11.8. The number of likely N-dealkylation sites (N-methyl/N-ethyl adjacent to an activating group) is 1. The fraction of sp³-hybridized carbons (Fsp3) is 1.00. The standard InChI is InChI=1S/C12H27NO3Si/c1-6-11(13-2)12(14-3)9-7-8-10-17(12,15-4)16-5/h11,13H,6-10H2,1-5H3. The Bertz CT molecular complexity index is 232. The van der Waals surface area contributed by atoms with Crippen LogP contribution in [0.15, 0.2) is 0 Å². The van der Waals surface area contributed by atoms with Crippen LogP contribution in [-0.4, -0.2) is 48.2 Å². The first-order chi connectivity index (χ1) is 8.16. The van der Waals surface area contributed by atoms with Crippen LogP contribution in [0.2, 0.25) is 6.04 Å². The summed E-state index contributed by atoms with van der Waals surface area (Å²) in [5, 5.41) is 3.12. The van der Waals surface area contributed by atoms with E-state index in [4.69, 9.17) is 13.6 Å². The van der Waals surface area contributed by atoms with Crippen molar-refractivity contribution in [2.45, 2.75) is 49.9 Å². The summed E-state index contributed by atoms with van der Waals surface area (Å²) in [4.78, 5) is 0. The van der Waals surface area contributed by atoms with Gasteiger partial charge in [-0.3, -0.25) is 0 Å². The first kappa shape index (κ1) is 15.1. The number of hydrogen-bond donors (Lipinski definition) is 1. The number of methoxy groups -OCH3 is 1. The van der Waals surface area contributed by atoms with Gasteiger partial charge in [-0.25, -0.2) is 0 Å². The predicted molar refractivity (Wildman–Crippen MR) is 71.3 cm³/mol. The highest BCUT2D eigenvalue weighted by Crippen LogP contribution is 2.42. The molecule has 0 aromatic heterocycles. The van der Waals surface area contributed by atoms with Crippen LogP contribution in [0.3, 0.4) is 0 Å². The van der Waals surface area contributed by atoms with Gasteiger partial charge < -0.3 is 18.9 Å². The summed E-state index contributed by atoms with van der Waals surface area (Å²) in [7, 11) is 5.04. The molecule has 1 aliphatic rings. The van der Waals surface area contributed by atoms with Gasteiger partial charge in [-0.2, -0.15) is 0 Å². The molecule has 0 radical (unpaired) electrons. The van der Waals surface area contributed by atoms with Gasteiger partial charge in [-0.05, 0) is 25.9 Å². The van der Waals surface area contributed by atoms with E-state index in [-0.39, 0.29) is 5.22 Å². The largest absolute Gasteiger partial charge is 0.396 e. The lowest BCUT2D eigenvalue weighted by Gasteiger charge is -2.51. The van der Waals surface area contributed by atoms with Gasteiger partial charge in [0.05, 0.1) is 0 Å². The van der Waals surface area contributed by atoms with E-state index in [9.17, 15) is 0 Å². The summed E-state index contributed by atoms with van der Waals surface area (Å²) in [6, 6.07) is 1.31. The molecule has 102 valence electrons. The third kappa shape index (κ3) is 2.31. The highest BCUT2D eigenvalue weighted by Gasteiger charge is 2.62. The Kier molecular flexibility index (Phi) is 5.59. The molecule has 17 heavy (non-hydrogen) atoms. The maximum Gasteiger partial charge on any atom is 0.372 e. The number of nitrogens with one attached hydrogen (secondary N) is 1. The van der Waals surface area contributed by atoms with Gasteiger partial charge in [-0.15, -0.1) is 0 Å². The maximum atomic E-state index is 5.97. The van der Waals surface area contributed by atoms with E-state index in [1.807, 2.05) is 7.05 Å².